The predicted molar refractivity (Wildman–Crippen MR) is 91.6 cm³/mol. The topological polar surface area (TPSA) is 73.1 Å². The van der Waals surface area contributed by atoms with E-state index in [1.165, 1.54) is 6.21 Å². The fraction of sp³-hybridized carbons (Fsp3) is 0.222. The summed E-state index contributed by atoms with van der Waals surface area (Å²) in [6.07, 6.45) is 3.97. The highest BCUT2D eigenvalue weighted by Gasteiger charge is 2.08. The zero-order valence-corrected chi connectivity index (χ0v) is 13.7. The van der Waals surface area contributed by atoms with E-state index in [-0.39, 0.29) is 12.5 Å². The summed E-state index contributed by atoms with van der Waals surface area (Å²) in [4.78, 5) is 11.7. The van der Waals surface area contributed by atoms with Crippen LogP contribution in [-0.2, 0) is 11.2 Å². The average Bonchev–Trinajstić information content (AvgIpc) is 2.99. The number of rotatable bonds is 8. The molecule has 0 aliphatic rings. The minimum atomic E-state index is -0.383. The number of allylic oxidation sites excluding steroid dienone is 1. The van der Waals surface area contributed by atoms with Gasteiger partial charge in [-0.15, -0.1) is 6.58 Å². The summed E-state index contributed by atoms with van der Waals surface area (Å²) in [5.74, 6) is 2.01. The van der Waals surface area contributed by atoms with Gasteiger partial charge in [-0.25, -0.2) is 5.43 Å². The summed E-state index contributed by atoms with van der Waals surface area (Å²) in [6, 6.07) is 9.09. The highest BCUT2D eigenvalue weighted by Crippen LogP contribution is 2.28. The first-order chi connectivity index (χ1) is 11.6. The molecule has 0 atom stereocenters. The number of nitrogens with one attached hydrogen (secondary N) is 1. The van der Waals surface area contributed by atoms with Crippen LogP contribution in [0.5, 0.6) is 11.5 Å². The van der Waals surface area contributed by atoms with E-state index in [0.717, 1.165) is 17.7 Å². The van der Waals surface area contributed by atoms with Crippen LogP contribution < -0.4 is 14.9 Å². The first kappa shape index (κ1) is 17.3. The first-order valence-corrected chi connectivity index (χ1v) is 7.41. The van der Waals surface area contributed by atoms with E-state index in [2.05, 4.69) is 17.1 Å². The van der Waals surface area contributed by atoms with Crippen molar-refractivity contribution in [2.75, 3.05) is 13.7 Å². The molecule has 1 amide bonds. The average molecular weight is 328 g/mol. The van der Waals surface area contributed by atoms with Crippen molar-refractivity contribution in [3.05, 3.63) is 60.1 Å². The van der Waals surface area contributed by atoms with Crippen LogP contribution in [0.2, 0.25) is 0 Å². The first-order valence-electron chi connectivity index (χ1n) is 7.41. The quantitative estimate of drug-likeness (QED) is 0.459. The van der Waals surface area contributed by atoms with Gasteiger partial charge in [0.05, 0.1) is 13.3 Å². The predicted octanol–water partition coefficient (Wildman–Crippen LogP) is 2.85. The third-order valence-electron chi connectivity index (χ3n) is 3.11. The van der Waals surface area contributed by atoms with Crippen molar-refractivity contribution >= 4 is 12.1 Å². The Labute approximate surface area is 140 Å². The summed E-state index contributed by atoms with van der Waals surface area (Å²) < 4.78 is 16.0. The lowest BCUT2D eigenvalue weighted by Gasteiger charge is -2.11. The summed E-state index contributed by atoms with van der Waals surface area (Å²) in [7, 11) is 1.55. The maximum atomic E-state index is 11.7. The van der Waals surface area contributed by atoms with Crippen LogP contribution in [-0.4, -0.2) is 25.8 Å². The smallest absolute Gasteiger partial charge is 0.277 e. The molecule has 1 aromatic heterocycles. The molecule has 0 spiro atoms. The van der Waals surface area contributed by atoms with E-state index in [1.54, 1.807) is 25.3 Å². The van der Waals surface area contributed by atoms with Gasteiger partial charge in [-0.1, -0.05) is 12.1 Å². The second-order valence-electron chi connectivity index (χ2n) is 5.01. The maximum Gasteiger partial charge on any atom is 0.277 e. The Morgan fingerprint density at radius 1 is 1.33 bits per heavy atom. The maximum absolute atomic E-state index is 11.7. The summed E-state index contributed by atoms with van der Waals surface area (Å²) in [5, 5.41) is 3.81. The minimum absolute atomic E-state index is 0.175. The lowest BCUT2D eigenvalue weighted by molar-refractivity contribution is -0.123. The van der Waals surface area contributed by atoms with Gasteiger partial charge in [0, 0.05) is 0 Å². The molecule has 0 aliphatic heterocycles. The van der Waals surface area contributed by atoms with Crippen LogP contribution in [0.3, 0.4) is 0 Å². The molecular weight excluding hydrogens is 308 g/mol. The molecule has 1 heterocycles. The number of methoxy groups -OCH3 is 1. The van der Waals surface area contributed by atoms with Crippen molar-refractivity contribution in [2.45, 2.75) is 13.3 Å². The highest BCUT2D eigenvalue weighted by molar-refractivity contribution is 5.81. The van der Waals surface area contributed by atoms with Crippen molar-refractivity contribution in [3.8, 4) is 11.5 Å². The molecule has 1 N–H and O–H groups in total. The normalized spacial score (nSPS) is 10.6. The molecule has 0 saturated heterocycles. The molecular formula is C18H20N2O4. The number of hydrazone groups is 1. The molecule has 6 heteroatoms. The second kappa shape index (κ2) is 8.57. The number of carbonyl (C=O) groups excluding carboxylic acids is 1. The van der Waals surface area contributed by atoms with E-state index in [1.807, 2.05) is 25.1 Å². The molecule has 0 bridgehead atoms. The second-order valence-corrected chi connectivity index (χ2v) is 5.01. The highest BCUT2D eigenvalue weighted by atomic mass is 16.5. The van der Waals surface area contributed by atoms with Crippen LogP contribution in [0.4, 0.5) is 0 Å². The molecule has 24 heavy (non-hydrogen) atoms. The van der Waals surface area contributed by atoms with Crippen molar-refractivity contribution in [1.82, 2.24) is 5.43 Å². The molecule has 0 fully saturated rings. The van der Waals surface area contributed by atoms with E-state index >= 15 is 0 Å². The Bertz CT molecular complexity index is 734. The minimum Gasteiger partial charge on any atom is -0.493 e. The molecule has 126 valence electrons. The fourth-order valence-corrected chi connectivity index (χ4v) is 1.99. The Morgan fingerprint density at radius 2 is 2.17 bits per heavy atom. The monoisotopic (exact) mass is 328 g/mol. The standard InChI is InChI=1S/C18H20N2O4/c1-4-5-14-7-9-16(17(10-14)22-3)23-12-18(21)20-19-11-15-8-6-13(2)24-15/h4,6-11H,1,5,12H2,2-3H3,(H,20,21)/b19-11-. The van der Waals surface area contributed by atoms with Gasteiger partial charge < -0.3 is 13.9 Å². The van der Waals surface area contributed by atoms with E-state index < -0.39 is 0 Å². The number of amides is 1. The number of hydrogen-bond acceptors (Lipinski definition) is 5. The largest absolute Gasteiger partial charge is 0.493 e. The number of hydrogen-bond donors (Lipinski definition) is 1. The molecule has 0 unspecified atom stereocenters. The number of carbonyl (C=O) groups is 1. The molecule has 0 radical (unpaired) electrons. The van der Waals surface area contributed by atoms with Crippen molar-refractivity contribution < 1.29 is 18.7 Å². The SMILES string of the molecule is C=CCc1ccc(OCC(=O)N/N=C\c2ccc(C)o2)c(OC)c1. The van der Waals surface area contributed by atoms with Gasteiger partial charge in [0.25, 0.3) is 5.91 Å². The number of aryl methyl sites for hydroxylation is 1. The van der Waals surface area contributed by atoms with Crippen LogP contribution in [0.1, 0.15) is 17.1 Å². The molecule has 6 nitrogen and oxygen atoms in total. The van der Waals surface area contributed by atoms with Gasteiger partial charge in [-0.05, 0) is 43.2 Å². The number of nitrogens with zero attached hydrogens (tertiary/aromatic N) is 1. The summed E-state index contributed by atoms with van der Waals surface area (Å²) in [5.41, 5.74) is 3.42. The molecule has 0 saturated carbocycles. The van der Waals surface area contributed by atoms with Crippen LogP contribution in [0.15, 0.2) is 52.5 Å². The molecule has 1 aromatic carbocycles. The third kappa shape index (κ3) is 5.01. The van der Waals surface area contributed by atoms with Crippen molar-refractivity contribution in [3.63, 3.8) is 0 Å². The Morgan fingerprint density at radius 3 is 2.83 bits per heavy atom. The van der Waals surface area contributed by atoms with Gasteiger partial charge >= 0.3 is 0 Å². The van der Waals surface area contributed by atoms with Gasteiger partial charge in [0.15, 0.2) is 18.1 Å². The molecule has 0 aliphatic carbocycles. The van der Waals surface area contributed by atoms with Gasteiger partial charge in [-0.3, -0.25) is 4.79 Å². The fourth-order valence-electron chi connectivity index (χ4n) is 1.99. The van der Waals surface area contributed by atoms with E-state index in [9.17, 15) is 4.79 Å². The van der Waals surface area contributed by atoms with Crippen LogP contribution in [0.25, 0.3) is 0 Å². The van der Waals surface area contributed by atoms with Crippen molar-refractivity contribution in [1.29, 1.82) is 0 Å². The Balaban J connectivity index is 1.86. The summed E-state index contributed by atoms with van der Waals surface area (Å²) in [6.45, 7) is 5.36. The van der Waals surface area contributed by atoms with E-state index in [0.29, 0.717) is 17.3 Å². The van der Waals surface area contributed by atoms with Crippen molar-refractivity contribution in [2.24, 2.45) is 5.10 Å². The number of ether oxygens (including phenoxy) is 2. The lowest BCUT2D eigenvalue weighted by atomic mass is 10.1. The zero-order chi connectivity index (χ0) is 17.4. The van der Waals surface area contributed by atoms with E-state index in [4.69, 9.17) is 13.9 Å². The summed E-state index contributed by atoms with van der Waals surface area (Å²) >= 11 is 0. The zero-order valence-electron chi connectivity index (χ0n) is 13.7. The number of furan rings is 1. The third-order valence-corrected chi connectivity index (χ3v) is 3.11. The molecule has 2 aromatic rings. The molecule has 2 rings (SSSR count). The van der Waals surface area contributed by atoms with Gasteiger partial charge in [-0.2, -0.15) is 5.10 Å². The Hall–Kier alpha value is -3.02. The van der Waals surface area contributed by atoms with Crippen LogP contribution >= 0.6 is 0 Å². The lowest BCUT2D eigenvalue weighted by Crippen LogP contribution is -2.24. The Kier molecular flexibility index (Phi) is 6.19. The van der Waals surface area contributed by atoms with Gasteiger partial charge in [0.1, 0.15) is 11.5 Å². The van der Waals surface area contributed by atoms with Gasteiger partial charge in [0.2, 0.25) is 0 Å². The number of benzene rings is 1. The van der Waals surface area contributed by atoms with Crippen LogP contribution in [0, 0.1) is 6.92 Å².